The van der Waals surface area contributed by atoms with Gasteiger partial charge < -0.3 is 9.58 Å². The van der Waals surface area contributed by atoms with E-state index >= 15 is 0 Å². The molecule has 0 atom stereocenters. The number of ether oxygens (including phenoxy) is 1. The van der Waals surface area contributed by atoms with E-state index in [-0.39, 0.29) is 17.6 Å². The van der Waals surface area contributed by atoms with Crippen LogP contribution < -0.4 is 0 Å². The molecule has 0 aromatic heterocycles. The molecule has 0 saturated heterocycles. The molecule has 2 aromatic rings. The summed E-state index contributed by atoms with van der Waals surface area (Å²) in [5.41, 5.74) is 1.30. The normalized spacial score (nSPS) is 22.5. The molecule has 0 amide bonds. The molecule has 0 spiro atoms. The predicted molar refractivity (Wildman–Crippen MR) is 107 cm³/mol. The largest absolute Gasteiger partial charge is 0.374 e. The Labute approximate surface area is 167 Å². The quantitative estimate of drug-likeness (QED) is 0.507. The minimum absolute atomic E-state index is 0.0868. The van der Waals surface area contributed by atoms with Gasteiger partial charge in [0.25, 0.3) is 15.7 Å². The number of rotatable bonds is 7. The van der Waals surface area contributed by atoms with Crippen molar-refractivity contribution in [3.05, 3.63) is 77.1 Å². The minimum atomic E-state index is -3.86. The summed E-state index contributed by atoms with van der Waals surface area (Å²) in [6.07, 6.45) is 2.68. The number of benzene rings is 2. The van der Waals surface area contributed by atoms with Gasteiger partial charge in [0, 0.05) is 12.8 Å². The number of hydrogen-bond donors (Lipinski definition) is 0. The molecule has 6 heteroatoms. The highest BCUT2D eigenvalue weighted by molar-refractivity contribution is 7.86. The molecule has 148 valence electrons. The van der Waals surface area contributed by atoms with Crippen molar-refractivity contribution in [3.8, 4) is 0 Å². The molecule has 0 radical (unpaired) electrons. The first-order valence-corrected chi connectivity index (χ1v) is 10.8. The molecule has 0 bridgehead atoms. The van der Waals surface area contributed by atoms with Crippen molar-refractivity contribution >= 4 is 10.1 Å². The van der Waals surface area contributed by atoms with E-state index in [9.17, 15) is 8.42 Å². The van der Waals surface area contributed by atoms with Crippen LogP contribution in [0, 0.1) is 13.5 Å². The molecule has 1 aliphatic carbocycles. The average Bonchev–Trinajstić information content (AvgIpc) is 2.73. The van der Waals surface area contributed by atoms with Crippen LogP contribution in [0.1, 0.15) is 36.8 Å². The van der Waals surface area contributed by atoms with Gasteiger partial charge >= 0.3 is 0 Å². The predicted octanol–water partition coefficient (Wildman–Crippen LogP) is 4.52. The van der Waals surface area contributed by atoms with Crippen LogP contribution in [0.3, 0.4) is 0 Å². The lowest BCUT2D eigenvalue weighted by Gasteiger charge is -2.30. The molecule has 1 fully saturated rings. The fourth-order valence-electron chi connectivity index (χ4n) is 3.33. The Morgan fingerprint density at radius 2 is 1.71 bits per heavy atom. The minimum Gasteiger partial charge on any atom is -0.374 e. The molecule has 0 unspecified atom stereocenters. The van der Waals surface area contributed by atoms with E-state index in [1.807, 2.05) is 37.3 Å². The summed E-state index contributed by atoms with van der Waals surface area (Å²) in [5, 5.41) is 0. The Hall–Kier alpha value is -2.20. The number of hydrogen-bond acceptors (Lipinski definition) is 4. The fourth-order valence-corrected chi connectivity index (χ4v) is 4.31. The topological polar surface area (TPSA) is 57.0 Å². The summed E-state index contributed by atoms with van der Waals surface area (Å²) in [6.45, 7) is 9.93. The third kappa shape index (κ3) is 5.20. The molecule has 0 heterocycles. The first-order valence-electron chi connectivity index (χ1n) is 9.43. The molecule has 28 heavy (non-hydrogen) atoms. The highest BCUT2D eigenvalue weighted by Gasteiger charge is 2.43. The van der Waals surface area contributed by atoms with Crippen LogP contribution in [0.2, 0.25) is 0 Å². The van der Waals surface area contributed by atoms with Crippen LogP contribution in [0.25, 0.3) is 4.85 Å². The maximum absolute atomic E-state index is 12.4. The first-order chi connectivity index (χ1) is 13.4. The van der Waals surface area contributed by atoms with Gasteiger partial charge in [-0.25, -0.2) is 6.57 Å². The summed E-state index contributed by atoms with van der Waals surface area (Å²) >= 11 is 0. The van der Waals surface area contributed by atoms with E-state index in [1.54, 1.807) is 12.1 Å². The summed E-state index contributed by atoms with van der Waals surface area (Å²) in [6, 6.07) is 16.5. The summed E-state index contributed by atoms with van der Waals surface area (Å²) in [4.78, 5) is 3.87. The third-order valence-corrected chi connectivity index (χ3v) is 6.50. The zero-order valence-corrected chi connectivity index (χ0v) is 16.8. The zero-order chi connectivity index (χ0) is 20.0. The molecule has 3 rings (SSSR count). The van der Waals surface area contributed by atoms with Gasteiger partial charge in [-0.2, -0.15) is 8.42 Å². The van der Waals surface area contributed by atoms with E-state index < -0.39 is 15.7 Å². The Morgan fingerprint density at radius 3 is 2.32 bits per heavy atom. The van der Waals surface area contributed by atoms with Crippen molar-refractivity contribution in [1.29, 1.82) is 0 Å². The smallest absolute Gasteiger partial charge is 0.297 e. The van der Waals surface area contributed by atoms with Gasteiger partial charge in [-0.1, -0.05) is 48.0 Å². The lowest BCUT2D eigenvalue weighted by atomic mass is 9.81. The van der Waals surface area contributed by atoms with Gasteiger partial charge in [0.15, 0.2) is 0 Å². The Kier molecular flexibility index (Phi) is 6.50. The SMILES string of the molecule is [C-]#[N+]C1(COS(=O)(=O)c2ccc(C)cc2)CCC(OCc2ccccc2)CC1. The van der Waals surface area contributed by atoms with Gasteiger partial charge in [0.05, 0.1) is 17.6 Å². The van der Waals surface area contributed by atoms with Gasteiger partial charge in [0.1, 0.15) is 6.61 Å². The third-order valence-electron chi connectivity index (χ3n) is 5.22. The Balaban J connectivity index is 1.53. The summed E-state index contributed by atoms with van der Waals surface area (Å²) in [5.74, 6) is 0. The van der Waals surface area contributed by atoms with Crippen LogP contribution in [0.15, 0.2) is 59.5 Å². The summed E-state index contributed by atoms with van der Waals surface area (Å²) in [7, 11) is -3.86. The van der Waals surface area contributed by atoms with Gasteiger partial charge in [0.2, 0.25) is 0 Å². The van der Waals surface area contributed by atoms with Gasteiger partial charge in [-0.3, -0.25) is 4.18 Å². The second kappa shape index (κ2) is 8.87. The van der Waals surface area contributed by atoms with Gasteiger partial charge in [-0.05, 0) is 37.5 Å². The van der Waals surface area contributed by atoms with Crippen molar-refractivity contribution < 1.29 is 17.3 Å². The van der Waals surface area contributed by atoms with Crippen molar-refractivity contribution in [2.75, 3.05) is 6.61 Å². The molecular formula is C22H25NO4S. The van der Waals surface area contributed by atoms with Crippen LogP contribution in [-0.2, 0) is 25.6 Å². The second-order valence-corrected chi connectivity index (χ2v) is 8.98. The van der Waals surface area contributed by atoms with E-state index in [1.165, 1.54) is 12.1 Å². The maximum Gasteiger partial charge on any atom is 0.297 e. The number of nitrogens with zero attached hydrogens (tertiary/aromatic N) is 1. The summed E-state index contributed by atoms with van der Waals surface area (Å²) < 4.78 is 36.1. The molecule has 1 aliphatic rings. The molecule has 0 N–H and O–H groups in total. The molecule has 0 aliphatic heterocycles. The lowest BCUT2D eigenvalue weighted by molar-refractivity contribution is 0.00246. The van der Waals surface area contributed by atoms with E-state index in [2.05, 4.69) is 4.85 Å². The fraction of sp³-hybridized carbons (Fsp3) is 0.409. The Bertz CT molecular complexity index is 909. The van der Waals surface area contributed by atoms with E-state index in [4.69, 9.17) is 15.5 Å². The van der Waals surface area contributed by atoms with Gasteiger partial charge in [-0.15, -0.1) is 0 Å². The Morgan fingerprint density at radius 1 is 1.07 bits per heavy atom. The van der Waals surface area contributed by atoms with E-state index in [0.29, 0.717) is 19.4 Å². The van der Waals surface area contributed by atoms with E-state index in [0.717, 1.165) is 24.0 Å². The van der Waals surface area contributed by atoms with Crippen molar-refractivity contribution in [1.82, 2.24) is 0 Å². The first kappa shape index (κ1) is 20.5. The zero-order valence-electron chi connectivity index (χ0n) is 16.0. The van der Waals surface area contributed by atoms with Crippen LogP contribution in [0.4, 0.5) is 0 Å². The molecular weight excluding hydrogens is 374 g/mol. The molecule has 2 aromatic carbocycles. The molecule has 1 saturated carbocycles. The maximum atomic E-state index is 12.4. The highest BCUT2D eigenvalue weighted by atomic mass is 32.2. The number of aryl methyl sites for hydroxylation is 1. The molecule has 5 nitrogen and oxygen atoms in total. The monoisotopic (exact) mass is 399 g/mol. The standard InChI is InChI=1S/C22H25NO4S/c1-18-8-10-21(11-9-18)28(24,25)27-17-22(23-2)14-12-20(13-15-22)26-16-19-6-4-3-5-7-19/h3-11,20H,12-17H2,1H3. The van der Waals surface area contributed by atoms with Crippen molar-refractivity contribution in [3.63, 3.8) is 0 Å². The van der Waals surface area contributed by atoms with Crippen LogP contribution in [0.5, 0.6) is 0 Å². The lowest BCUT2D eigenvalue weighted by Crippen LogP contribution is -2.38. The highest BCUT2D eigenvalue weighted by Crippen LogP contribution is 2.35. The van der Waals surface area contributed by atoms with Crippen molar-refractivity contribution in [2.24, 2.45) is 0 Å². The second-order valence-electron chi connectivity index (χ2n) is 7.36. The van der Waals surface area contributed by atoms with Crippen LogP contribution in [-0.4, -0.2) is 26.7 Å². The van der Waals surface area contributed by atoms with Crippen molar-refractivity contribution in [2.45, 2.75) is 55.8 Å². The average molecular weight is 400 g/mol. The van der Waals surface area contributed by atoms with Crippen LogP contribution >= 0.6 is 0 Å².